The molecule has 184 valence electrons. The van der Waals surface area contributed by atoms with E-state index in [1.54, 1.807) is 23.5 Å². The highest BCUT2D eigenvalue weighted by atomic mass is 32.1. The monoisotopic (exact) mass is 494 g/mol. The SMILES string of the molecule is CCC(C)OC(CN1C=CN(C(c2ccccc2)c2ccc(F)cc2)C1OC(C)=O)c1cccs1. The van der Waals surface area contributed by atoms with Gasteiger partial charge in [-0.25, -0.2) is 4.39 Å². The van der Waals surface area contributed by atoms with Gasteiger partial charge < -0.3 is 19.3 Å². The second kappa shape index (κ2) is 11.5. The molecule has 4 unspecified atom stereocenters. The zero-order chi connectivity index (χ0) is 24.8. The summed E-state index contributed by atoms with van der Waals surface area (Å²) in [6.07, 6.45) is 4.02. The molecule has 0 aliphatic carbocycles. The van der Waals surface area contributed by atoms with Crippen molar-refractivity contribution in [3.05, 3.63) is 106 Å². The van der Waals surface area contributed by atoms with Crippen LogP contribution < -0.4 is 0 Å². The molecule has 4 rings (SSSR count). The fraction of sp³-hybridized carbons (Fsp3) is 0.321. The van der Waals surface area contributed by atoms with Crippen molar-refractivity contribution in [2.24, 2.45) is 0 Å². The Hall–Kier alpha value is -3.16. The van der Waals surface area contributed by atoms with Gasteiger partial charge in [-0.2, -0.15) is 0 Å². The number of ether oxygens (including phenoxy) is 2. The Morgan fingerprint density at radius 2 is 1.74 bits per heavy atom. The summed E-state index contributed by atoms with van der Waals surface area (Å²) >= 11 is 1.65. The Morgan fingerprint density at radius 1 is 1.03 bits per heavy atom. The molecular formula is C28H31FN2O3S. The van der Waals surface area contributed by atoms with Crippen molar-refractivity contribution < 1.29 is 18.7 Å². The zero-order valence-corrected chi connectivity index (χ0v) is 21.0. The Kier molecular flexibility index (Phi) is 8.21. The van der Waals surface area contributed by atoms with Crippen molar-refractivity contribution in [1.82, 2.24) is 9.80 Å². The second-order valence-electron chi connectivity index (χ2n) is 8.60. The van der Waals surface area contributed by atoms with Crippen LogP contribution in [0, 0.1) is 5.82 Å². The van der Waals surface area contributed by atoms with Crippen LogP contribution in [0.5, 0.6) is 0 Å². The van der Waals surface area contributed by atoms with E-state index in [1.165, 1.54) is 19.1 Å². The molecular weight excluding hydrogens is 463 g/mol. The summed E-state index contributed by atoms with van der Waals surface area (Å²) in [5.41, 5.74) is 1.90. The fourth-order valence-corrected chi connectivity index (χ4v) is 4.94. The van der Waals surface area contributed by atoms with E-state index < -0.39 is 6.35 Å². The van der Waals surface area contributed by atoms with Crippen LogP contribution in [0.3, 0.4) is 0 Å². The molecule has 0 bridgehead atoms. The third-order valence-electron chi connectivity index (χ3n) is 6.05. The highest BCUT2D eigenvalue weighted by Gasteiger charge is 2.37. The first-order chi connectivity index (χ1) is 17.0. The van der Waals surface area contributed by atoms with Crippen molar-refractivity contribution in [2.45, 2.75) is 51.8 Å². The van der Waals surface area contributed by atoms with Crippen LogP contribution >= 0.6 is 11.3 Å². The number of carbonyl (C=O) groups excluding carboxylic acids is 1. The van der Waals surface area contributed by atoms with Crippen LogP contribution in [0.1, 0.15) is 55.3 Å². The molecule has 7 heteroatoms. The lowest BCUT2D eigenvalue weighted by atomic mass is 9.97. The highest BCUT2D eigenvalue weighted by molar-refractivity contribution is 7.10. The van der Waals surface area contributed by atoms with Gasteiger partial charge >= 0.3 is 5.97 Å². The van der Waals surface area contributed by atoms with Gasteiger partial charge in [0.05, 0.1) is 18.7 Å². The van der Waals surface area contributed by atoms with Crippen molar-refractivity contribution >= 4 is 17.3 Å². The van der Waals surface area contributed by atoms with Crippen molar-refractivity contribution in [3.8, 4) is 0 Å². The predicted molar refractivity (Wildman–Crippen MR) is 136 cm³/mol. The second-order valence-corrected chi connectivity index (χ2v) is 9.58. The van der Waals surface area contributed by atoms with Crippen LogP contribution in [0.25, 0.3) is 0 Å². The molecule has 4 atom stereocenters. The number of nitrogens with zero attached hydrogens (tertiary/aromatic N) is 2. The van der Waals surface area contributed by atoms with Gasteiger partial charge in [-0.3, -0.25) is 4.79 Å². The van der Waals surface area contributed by atoms with Gasteiger partial charge in [0.25, 0.3) is 6.35 Å². The molecule has 0 saturated heterocycles. The number of thiophene rings is 1. The maximum absolute atomic E-state index is 13.7. The van der Waals surface area contributed by atoms with Crippen LogP contribution in [0.4, 0.5) is 4.39 Å². The lowest BCUT2D eigenvalue weighted by Gasteiger charge is -2.38. The van der Waals surface area contributed by atoms with E-state index in [4.69, 9.17) is 9.47 Å². The first-order valence-electron chi connectivity index (χ1n) is 11.8. The smallest absolute Gasteiger partial charge is 0.305 e. The Balaban J connectivity index is 1.67. The molecule has 5 nitrogen and oxygen atoms in total. The Labute approximate surface area is 210 Å². The van der Waals surface area contributed by atoms with Gasteiger partial charge in [-0.05, 0) is 48.1 Å². The van der Waals surface area contributed by atoms with Gasteiger partial charge in [0.1, 0.15) is 11.9 Å². The summed E-state index contributed by atoms with van der Waals surface area (Å²) in [7, 11) is 0. The third kappa shape index (κ3) is 6.10. The molecule has 1 aliphatic rings. The molecule has 0 N–H and O–H groups in total. The molecule has 2 aromatic carbocycles. The number of hydrogen-bond donors (Lipinski definition) is 0. The molecule has 2 heterocycles. The summed E-state index contributed by atoms with van der Waals surface area (Å²) in [4.78, 5) is 17.3. The van der Waals surface area contributed by atoms with E-state index in [9.17, 15) is 9.18 Å². The minimum Gasteiger partial charge on any atom is -0.423 e. The van der Waals surface area contributed by atoms with Gasteiger partial charge in [0, 0.05) is 24.2 Å². The van der Waals surface area contributed by atoms with E-state index in [1.807, 2.05) is 64.0 Å². The maximum Gasteiger partial charge on any atom is 0.305 e. The van der Waals surface area contributed by atoms with Crippen LogP contribution in [-0.4, -0.2) is 34.8 Å². The Bertz CT molecular complexity index is 1110. The van der Waals surface area contributed by atoms with Gasteiger partial charge in [0.2, 0.25) is 0 Å². The molecule has 0 radical (unpaired) electrons. The lowest BCUT2D eigenvalue weighted by Crippen LogP contribution is -2.45. The number of carbonyl (C=O) groups is 1. The molecule has 0 spiro atoms. The number of rotatable bonds is 10. The molecule has 1 aliphatic heterocycles. The van der Waals surface area contributed by atoms with E-state index in [0.29, 0.717) is 6.54 Å². The average molecular weight is 495 g/mol. The number of esters is 1. The minimum absolute atomic E-state index is 0.0910. The third-order valence-corrected chi connectivity index (χ3v) is 7.01. The van der Waals surface area contributed by atoms with Crippen LogP contribution in [0.2, 0.25) is 0 Å². The fourth-order valence-electron chi connectivity index (χ4n) is 4.18. The van der Waals surface area contributed by atoms with E-state index >= 15 is 0 Å². The number of benzene rings is 2. The van der Waals surface area contributed by atoms with E-state index in [2.05, 4.69) is 19.9 Å². The standard InChI is InChI=1S/C28H31FN2O3S/c1-4-20(2)33-25(26-11-8-18-35-26)19-30-16-17-31(28(30)34-21(3)32)27(22-9-6-5-7-10-22)23-12-14-24(29)15-13-23/h5-18,20,25,27-28H,4,19H2,1-3H3. The molecule has 0 amide bonds. The largest absolute Gasteiger partial charge is 0.423 e. The van der Waals surface area contributed by atoms with Crippen molar-refractivity contribution in [3.63, 3.8) is 0 Å². The lowest BCUT2D eigenvalue weighted by molar-refractivity contribution is -0.171. The van der Waals surface area contributed by atoms with Crippen molar-refractivity contribution in [1.29, 1.82) is 0 Å². The summed E-state index contributed by atoms with van der Waals surface area (Å²) in [5, 5.41) is 2.04. The van der Waals surface area contributed by atoms with Crippen LogP contribution in [0.15, 0.2) is 84.5 Å². The Morgan fingerprint density at radius 3 is 2.37 bits per heavy atom. The predicted octanol–water partition coefficient (Wildman–Crippen LogP) is 6.47. The molecule has 0 saturated carbocycles. The molecule has 0 fully saturated rings. The zero-order valence-electron chi connectivity index (χ0n) is 20.2. The van der Waals surface area contributed by atoms with Gasteiger partial charge in [-0.15, -0.1) is 11.3 Å². The number of hydrogen-bond acceptors (Lipinski definition) is 6. The quantitative estimate of drug-likeness (QED) is 0.302. The normalized spacial score (nSPS) is 17.9. The van der Waals surface area contributed by atoms with Gasteiger partial charge in [-0.1, -0.05) is 55.5 Å². The average Bonchev–Trinajstić information content (AvgIpc) is 3.52. The first-order valence-corrected chi connectivity index (χ1v) is 12.7. The van der Waals surface area contributed by atoms with Crippen molar-refractivity contribution in [2.75, 3.05) is 6.54 Å². The topological polar surface area (TPSA) is 42.0 Å². The highest BCUT2D eigenvalue weighted by Crippen LogP contribution is 2.36. The van der Waals surface area contributed by atoms with E-state index in [-0.39, 0.29) is 30.0 Å². The summed E-state index contributed by atoms with van der Waals surface area (Å²) in [5.74, 6) is -0.674. The summed E-state index contributed by atoms with van der Waals surface area (Å²) in [6, 6.07) is 20.2. The first kappa shape index (κ1) is 24.9. The maximum atomic E-state index is 13.7. The summed E-state index contributed by atoms with van der Waals surface area (Å²) in [6.45, 7) is 6.09. The van der Waals surface area contributed by atoms with E-state index in [0.717, 1.165) is 22.4 Å². The van der Waals surface area contributed by atoms with Gasteiger partial charge in [0.15, 0.2) is 0 Å². The minimum atomic E-state index is -0.675. The number of halogens is 1. The molecule has 1 aromatic heterocycles. The van der Waals surface area contributed by atoms with Crippen LogP contribution in [-0.2, 0) is 14.3 Å². The summed E-state index contributed by atoms with van der Waals surface area (Å²) < 4.78 is 26.0. The molecule has 35 heavy (non-hydrogen) atoms. The molecule has 3 aromatic rings.